The molecule has 0 atom stereocenters. The number of para-hydroxylation sites is 2. The van der Waals surface area contributed by atoms with Crippen LogP contribution in [0, 0.1) is 0 Å². The van der Waals surface area contributed by atoms with Crippen molar-refractivity contribution < 1.29 is 9.53 Å². The molecule has 3 aromatic rings. The van der Waals surface area contributed by atoms with Crippen LogP contribution >= 0.6 is 24.2 Å². The number of anilines is 2. The Labute approximate surface area is 187 Å². The highest BCUT2D eigenvalue weighted by atomic mass is 35.5. The number of halogens is 1. The van der Waals surface area contributed by atoms with Gasteiger partial charge in [0.25, 0.3) is 5.91 Å². The molecule has 0 bridgehead atoms. The summed E-state index contributed by atoms with van der Waals surface area (Å²) in [5.41, 5.74) is 2.85. The van der Waals surface area contributed by atoms with Gasteiger partial charge in [-0.05, 0) is 30.4 Å². The molecule has 0 saturated carbocycles. The van der Waals surface area contributed by atoms with Gasteiger partial charge in [-0.25, -0.2) is 0 Å². The molecular formula is C23H26ClN3O2S. The van der Waals surface area contributed by atoms with E-state index >= 15 is 0 Å². The zero-order chi connectivity index (χ0) is 20.6. The minimum atomic E-state index is -0.205. The second kappa shape index (κ2) is 11.5. The van der Waals surface area contributed by atoms with Gasteiger partial charge in [0.2, 0.25) is 0 Å². The largest absolute Gasteiger partial charge is 0.494 e. The van der Waals surface area contributed by atoms with E-state index in [-0.39, 0.29) is 18.3 Å². The highest BCUT2D eigenvalue weighted by Gasteiger charge is 2.18. The van der Waals surface area contributed by atoms with Crippen molar-refractivity contribution in [3.63, 3.8) is 0 Å². The minimum absolute atomic E-state index is 0. The molecule has 0 saturated heterocycles. The standard InChI is InChI=1S/C23H25N3O2S.ClH/c1-4-13-24-23(27)17-15-25-22-16(9-8-11-19(22)28-3)21(17)26-18-10-6-7-12-20(18)29-14-5-2;/h4,6-12,15H,1,5,13-14H2,2-3H3,(H,24,27)(H,25,26);1H. The normalized spacial score (nSPS) is 10.2. The Morgan fingerprint density at radius 2 is 2.03 bits per heavy atom. The Kier molecular flexibility index (Phi) is 9.02. The van der Waals surface area contributed by atoms with E-state index in [1.807, 2.05) is 36.4 Å². The number of rotatable bonds is 9. The SMILES string of the molecule is C=CCNC(=O)c1cnc2c(OC)cccc2c1Nc1ccccc1SCCC.Cl. The molecule has 7 heteroatoms. The third-order valence-corrected chi connectivity index (χ3v) is 5.62. The summed E-state index contributed by atoms with van der Waals surface area (Å²) in [7, 11) is 1.62. The van der Waals surface area contributed by atoms with Crippen molar-refractivity contribution in [1.29, 1.82) is 0 Å². The molecule has 0 spiro atoms. The number of benzene rings is 2. The van der Waals surface area contributed by atoms with Gasteiger partial charge in [-0.3, -0.25) is 9.78 Å². The third-order valence-electron chi connectivity index (χ3n) is 4.34. The number of aromatic nitrogens is 1. The number of pyridine rings is 1. The molecule has 0 unspecified atom stereocenters. The van der Waals surface area contributed by atoms with Crippen LogP contribution in [0.25, 0.3) is 10.9 Å². The topological polar surface area (TPSA) is 63.2 Å². The molecule has 0 fully saturated rings. The molecule has 3 rings (SSSR count). The van der Waals surface area contributed by atoms with Gasteiger partial charge in [0.1, 0.15) is 11.3 Å². The summed E-state index contributed by atoms with van der Waals surface area (Å²) in [4.78, 5) is 18.4. The summed E-state index contributed by atoms with van der Waals surface area (Å²) in [6, 6.07) is 13.8. The Morgan fingerprint density at radius 3 is 2.77 bits per heavy atom. The number of fused-ring (bicyclic) bond motifs is 1. The molecule has 0 aliphatic heterocycles. The van der Waals surface area contributed by atoms with E-state index < -0.39 is 0 Å². The van der Waals surface area contributed by atoms with E-state index in [2.05, 4.69) is 35.2 Å². The van der Waals surface area contributed by atoms with E-state index in [1.54, 1.807) is 31.1 Å². The monoisotopic (exact) mass is 443 g/mol. The first kappa shape index (κ1) is 23.6. The van der Waals surface area contributed by atoms with Gasteiger partial charge in [-0.15, -0.1) is 30.7 Å². The number of nitrogens with zero attached hydrogens (tertiary/aromatic N) is 1. The van der Waals surface area contributed by atoms with Gasteiger partial charge in [-0.1, -0.05) is 37.3 Å². The first-order valence-corrected chi connectivity index (χ1v) is 10.5. The highest BCUT2D eigenvalue weighted by molar-refractivity contribution is 7.99. The van der Waals surface area contributed by atoms with Crippen LogP contribution < -0.4 is 15.4 Å². The molecule has 1 heterocycles. The van der Waals surface area contributed by atoms with Gasteiger partial charge < -0.3 is 15.4 Å². The van der Waals surface area contributed by atoms with Crippen molar-refractivity contribution in [2.24, 2.45) is 0 Å². The summed E-state index contributed by atoms with van der Waals surface area (Å²) < 4.78 is 5.47. The summed E-state index contributed by atoms with van der Waals surface area (Å²) in [6.07, 6.45) is 4.33. The lowest BCUT2D eigenvalue weighted by molar-refractivity contribution is 0.0958. The average molecular weight is 444 g/mol. The van der Waals surface area contributed by atoms with Crippen molar-refractivity contribution >= 4 is 52.4 Å². The molecule has 2 N–H and O–H groups in total. The third kappa shape index (κ3) is 5.26. The molecule has 0 radical (unpaired) electrons. The van der Waals surface area contributed by atoms with E-state index in [9.17, 15) is 4.79 Å². The van der Waals surface area contributed by atoms with Crippen molar-refractivity contribution in [3.05, 3.63) is 66.9 Å². The fourth-order valence-corrected chi connectivity index (χ4v) is 3.84. The van der Waals surface area contributed by atoms with E-state index in [4.69, 9.17) is 4.74 Å². The van der Waals surface area contributed by atoms with Crippen LogP contribution in [0.2, 0.25) is 0 Å². The Morgan fingerprint density at radius 1 is 1.23 bits per heavy atom. The second-order valence-corrected chi connectivity index (χ2v) is 7.51. The highest BCUT2D eigenvalue weighted by Crippen LogP contribution is 2.36. The van der Waals surface area contributed by atoms with Crippen LogP contribution in [-0.2, 0) is 0 Å². The van der Waals surface area contributed by atoms with Gasteiger partial charge in [0, 0.05) is 23.0 Å². The molecule has 30 heavy (non-hydrogen) atoms. The van der Waals surface area contributed by atoms with Crippen molar-refractivity contribution in [2.45, 2.75) is 18.2 Å². The van der Waals surface area contributed by atoms with Gasteiger partial charge >= 0.3 is 0 Å². The van der Waals surface area contributed by atoms with E-state index in [0.717, 1.165) is 28.1 Å². The number of hydrogen-bond acceptors (Lipinski definition) is 5. The summed E-state index contributed by atoms with van der Waals surface area (Å²) in [6.45, 7) is 6.21. The van der Waals surface area contributed by atoms with E-state index in [0.29, 0.717) is 29.1 Å². The maximum Gasteiger partial charge on any atom is 0.255 e. The van der Waals surface area contributed by atoms with Crippen LogP contribution in [-0.4, -0.2) is 30.3 Å². The fraction of sp³-hybridized carbons (Fsp3) is 0.217. The Bertz CT molecular complexity index is 1030. The number of ether oxygens (including phenoxy) is 1. The number of carbonyl (C=O) groups excluding carboxylic acids is 1. The molecule has 0 aliphatic rings. The number of nitrogens with one attached hydrogen (secondary N) is 2. The lowest BCUT2D eigenvalue weighted by Crippen LogP contribution is -2.24. The van der Waals surface area contributed by atoms with Crippen LogP contribution in [0.1, 0.15) is 23.7 Å². The van der Waals surface area contributed by atoms with Gasteiger partial charge in [0.15, 0.2) is 0 Å². The van der Waals surface area contributed by atoms with Gasteiger partial charge in [-0.2, -0.15) is 0 Å². The fourth-order valence-electron chi connectivity index (χ4n) is 2.97. The molecule has 2 aromatic carbocycles. The zero-order valence-electron chi connectivity index (χ0n) is 17.1. The van der Waals surface area contributed by atoms with Crippen LogP contribution in [0.5, 0.6) is 5.75 Å². The maximum absolute atomic E-state index is 12.8. The summed E-state index contributed by atoms with van der Waals surface area (Å²) in [5, 5.41) is 7.17. The summed E-state index contributed by atoms with van der Waals surface area (Å²) >= 11 is 1.79. The van der Waals surface area contributed by atoms with Crippen molar-refractivity contribution in [1.82, 2.24) is 10.3 Å². The molecule has 1 aromatic heterocycles. The molecule has 158 valence electrons. The lowest BCUT2D eigenvalue weighted by Gasteiger charge is -2.17. The predicted octanol–water partition coefficient (Wildman–Crippen LogP) is 5.83. The van der Waals surface area contributed by atoms with Crippen LogP contribution in [0.3, 0.4) is 0 Å². The second-order valence-electron chi connectivity index (χ2n) is 6.37. The minimum Gasteiger partial charge on any atom is -0.494 e. The molecule has 0 aliphatic carbocycles. The lowest BCUT2D eigenvalue weighted by atomic mass is 10.1. The predicted molar refractivity (Wildman–Crippen MR) is 129 cm³/mol. The number of hydrogen-bond donors (Lipinski definition) is 2. The molecule has 1 amide bonds. The van der Waals surface area contributed by atoms with Gasteiger partial charge in [0.05, 0.1) is 24.0 Å². The smallest absolute Gasteiger partial charge is 0.255 e. The Hall–Kier alpha value is -2.70. The molecule has 5 nitrogen and oxygen atoms in total. The molecular weight excluding hydrogens is 418 g/mol. The zero-order valence-corrected chi connectivity index (χ0v) is 18.7. The quantitative estimate of drug-likeness (QED) is 0.322. The van der Waals surface area contributed by atoms with Crippen LogP contribution in [0.15, 0.2) is 66.2 Å². The summed E-state index contributed by atoms with van der Waals surface area (Å²) in [5.74, 6) is 1.48. The van der Waals surface area contributed by atoms with Crippen LogP contribution in [0.4, 0.5) is 11.4 Å². The average Bonchev–Trinajstić information content (AvgIpc) is 2.76. The number of amides is 1. The Balaban J connectivity index is 0.00000320. The maximum atomic E-state index is 12.8. The van der Waals surface area contributed by atoms with E-state index in [1.165, 1.54) is 0 Å². The first-order valence-electron chi connectivity index (χ1n) is 9.53. The first-order chi connectivity index (χ1) is 14.2. The van der Waals surface area contributed by atoms with Crippen molar-refractivity contribution in [3.8, 4) is 5.75 Å². The number of carbonyl (C=O) groups is 1. The van der Waals surface area contributed by atoms with Crippen molar-refractivity contribution in [2.75, 3.05) is 24.7 Å². The number of thioether (sulfide) groups is 1. The number of methoxy groups -OCH3 is 1.